The second kappa shape index (κ2) is 11.0. The van der Waals surface area contributed by atoms with E-state index in [2.05, 4.69) is 18.2 Å². The van der Waals surface area contributed by atoms with Gasteiger partial charge in [0.2, 0.25) is 0 Å². The highest BCUT2D eigenvalue weighted by atomic mass is 32.1. The predicted octanol–water partition coefficient (Wildman–Crippen LogP) is 4.27. The molecule has 1 aliphatic carbocycles. The maximum absolute atomic E-state index is 14.0. The Morgan fingerprint density at radius 2 is 1.90 bits per heavy atom. The molecular weight excluding hydrogens is 524 g/mol. The van der Waals surface area contributed by atoms with Crippen LogP contribution >= 0.6 is 11.3 Å². The number of para-hydroxylation sites is 1. The minimum atomic E-state index is -0.428. The quantitative estimate of drug-likeness (QED) is 0.320. The maximum Gasteiger partial charge on any atom is 0.344 e. The van der Waals surface area contributed by atoms with Crippen LogP contribution in [0.25, 0.3) is 11.8 Å². The van der Waals surface area contributed by atoms with Gasteiger partial charge in [-0.1, -0.05) is 65.9 Å². The van der Waals surface area contributed by atoms with Gasteiger partial charge in [0.15, 0.2) is 11.4 Å². The van der Waals surface area contributed by atoms with Crippen molar-refractivity contribution < 1.29 is 19.0 Å². The number of thiazole rings is 1. The third kappa shape index (κ3) is 4.75. The minimum Gasteiger partial charge on any atom is -0.496 e. The first kappa shape index (κ1) is 25.8. The SMILES string of the molecule is CCOC(=O)COc1cccc(/C=c2\sc3n(c2=O)C(c2ccccc2OC)C2=C(N=3)c3ccccc3CC2)c1. The highest BCUT2D eigenvalue weighted by molar-refractivity contribution is 7.07. The molecule has 202 valence electrons. The lowest BCUT2D eigenvalue weighted by atomic mass is 9.83. The fraction of sp³-hybridized carbons (Fsp3) is 0.219. The van der Waals surface area contributed by atoms with Gasteiger partial charge in [0, 0.05) is 11.1 Å². The number of aromatic nitrogens is 1. The summed E-state index contributed by atoms with van der Waals surface area (Å²) in [5.74, 6) is 0.831. The van der Waals surface area contributed by atoms with Gasteiger partial charge in [-0.25, -0.2) is 9.79 Å². The van der Waals surface area contributed by atoms with E-state index < -0.39 is 5.97 Å². The van der Waals surface area contributed by atoms with Crippen LogP contribution in [0.3, 0.4) is 0 Å². The number of carbonyl (C=O) groups excluding carboxylic acids is 1. The number of esters is 1. The molecule has 3 aromatic carbocycles. The van der Waals surface area contributed by atoms with Crippen molar-refractivity contribution in [3.63, 3.8) is 0 Å². The Hall–Kier alpha value is -4.43. The van der Waals surface area contributed by atoms with Crippen molar-refractivity contribution in [2.45, 2.75) is 25.8 Å². The Balaban J connectivity index is 1.48. The molecule has 1 atom stereocenters. The normalized spacial score (nSPS) is 15.9. The second-order valence-electron chi connectivity index (χ2n) is 9.52. The molecule has 0 fully saturated rings. The smallest absolute Gasteiger partial charge is 0.344 e. The molecule has 1 aliphatic heterocycles. The predicted molar refractivity (Wildman–Crippen MR) is 154 cm³/mol. The van der Waals surface area contributed by atoms with Gasteiger partial charge < -0.3 is 14.2 Å². The Labute approximate surface area is 235 Å². The third-order valence-corrected chi connectivity index (χ3v) is 8.11. The molecule has 2 heterocycles. The summed E-state index contributed by atoms with van der Waals surface area (Å²) in [6.45, 7) is 1.88. The van der Waals surface area contributed by atoms with E-state index in [9.17, 15) is 9.59 Å². The molecule has 0 bridgehead atoms. The molecule has 1 unspecified atom stereocenters. The number of allylic oxidation sites excluding steroid dienone is 1. The zero-order valence-electron chi connectivity index (χ0n) is 22.3. The van der Waals surface area contributed by atoms with Gasteiger partial charge in [0.1, 0.15) is 11.5 Å². The highest BCUT2D eigenvalue weighted by Gasteiger charge is 2.33. The van der Waals surface area contributed by atoms with Gasteiger partial charge in [0.05, 0.1) is 30.0 Å². The molecule has 7 nitrogen and oxygen atoms in total. The van der Waals surface area contributed by atoms with E-state index in [4.69, 9.17) is 19.2 Å². The van der Waals surface area contributed by atoms with Crippen molar-refractivity contribution in [2.75, 3.05) is 20.3 Å². The van der Waals surface area contributed by atoms with E-state index in [1.807, 2.05) is 53.1 Å². The highest BCUT2D eigenvalue weighted by Crippen LogP contribution is 2.43. The van der Waals surface area contributed by atoms with Crippen LogP contribution in [0.1, 0.15) is 41.6 Å². The molecule has 6 rings (SSSR count). The molecule has 0 saturated carbocycles. The molecule has 8 heteroatoms. The number of nitrogens with zero attached hydrogens (tertiary/aromatic N) is 2. The molecule has 4 aromatic rings. The number of hydrogen-bond donors (Lipinski definition) is 0. The number of aryl methyl sites for hydroxylation is 1. The summed E-state index contributed by atoms with van der Waals surface area (Å²) < 4.78 is 18.7. The monoisotopic (exact) mass is 552 g/mol. The molecule has 2 aliphatic rings. The van der Waals surface area contributed by atoms with Crippen LogP contribution in [-0.4, -0.2) is 30.9 Å². The van der Waals surface area contributed by atoms with Gasteiger partial charge in [-0.05, 0) is 60.7 Å². The Bertz CT molecular complexity index is 1820. The summed E-state index contributed by atoms with van der Waals surface area (Å²) in [5.41, 5.74) is 6.07. The van der Waals surface area contributed by atoms with Gasteiger partial charge in [-0.3, -0.25) is 9.36 Å². The van der Waals surface area contributed by atoms with E-state index >= 15 is 0 Å². The second-order valence-corrected chi connectivity index (χ2v) is 10.5. The molecule has 0 N–H and O–H groups in total. The molecule has 0 amide bonds. The van der Waals surface area contributed by atoms with Crippen LogP contribution in [0.5, 0.6) is 11.5 Å². The lowest BCUT2D eigenvalue weighted by Crippen LogP contribution is -2.39. The van der Waals surface area contributed by atoms with E-state index in [1.54, 1.807) is 26.2 Å². The number of benzene rings is 3. The van der Waals surface area contributed by atoms with E-state index in [0.717, 1.165) is 46.6 Å². The Morgan fingerprint density at radius 3 is 2.75 bits per heavy atom. The maximum atomic E-state index is 14.0. The van der Waals surface area contributed by atoms with Crippen LogP contribution in [0.4, 0.5) is 0 Å². The fourth-order valence-corrected chi connectivity index (χ4v) is 6.38. The fourth-order valence-electron chi connectivity index (χ4n) is 5.38. The van der Waals surface area contributed by atoms with Crippen molar-refractivity contribution in [3.8, 4) is 11.5 Å². The molecule has 1 aromatic heterocycles. The molecule has 0 saturated heterocycles. The third-order valence-electron chi connectivity index (χ3n) is 7.12. The lowest BCUT2D eigenvalue weighted by molar-refractivity contribution is -0.145. The van der Waals surface area contributed by atoms with Crippen molar-refractivity contribution in [2.24, 2.45) is 4.99 Å². The van der Waals surface area contributed by atoms with Crippen LogP contribution in [-0.2, 0) is 16.0 Å². The van der Waals surface area contributed by atoms with Gasteiger partial charge >= 0.3 is 5.97 Å². The zero-order valence-corrected chi connectivity index (χ0v) is 23.1. The van der Waals surface area contributed by atoms with Crippen molar-refractivity contribution in [3.05, 3.63) is 120 Å². The Kier molecular flexibility index (Phi) is 7.09. The lowest BCUT2D eigenvalue weighted by Gasteiger charge is -2.31. The Morgan fingerprint density at radius 1 is 1.07 bits per heavy atom. The topological polar surface area (TPSA) is 79.1 Å². The molecule has 0 spiro atoms. The van der Waals surface area contributed by atoms with Crippen LogP contribution < -0.4 is 24.4 Å². The molecular formula is C32H28N2O5S. The van der Waals surface area contributed by atoms with E-state index in [1.165, 1.54) is 16.9 Å². The number of carbonyl (C=O) groups is 1. The zero-order chi connectivity index (χ0) is 27.6. The van der Waals surface area contributed by atoms with E-state index in [0.29, 0.717) is 21.7 Å². The number of rotatable bonds is 7. The van der Waals surface area contributed by atoms with Gasteiger partial charge in [-0.15, -0.1) is 0 Å². The first-order chi connectivity index (χ1) is 19.6. The summed E-state index contributed by atoms with van der Waals surface area (Å²) in [4.78, 5) is 31.4. The summed E-state index contributed by atoms with van der Waals surface area (Å²) in [5, 5.41) is 0. The number of fused-ring (bicyclic) bond motifs is 3. The number of hydrogen-bond acceptors (Lipinski definition) is 7. The van der Waals surface area contributed by atoms with E-state index in [-0.39, 0.29) is 18.2 Å². The standard InChI is InChI=1S/C32H28N2O5S/c1-3-38-28(35)19-39-22-11-8-9-20(17-22)18-27-31(36)34-30(24-13-6-7-14-26(24)37-2)25-16-15-21-10-4-5-12-23(21)29(25)33-32(34)40-27/h4-14,17-18,30H,3,15-16,19H2,1-2H3/b27-18-. The van der Waals surface area contributed by atoms with Crippen LogP contribution in [0.15, 0.2) is 88.2 Å². The van der Waals surface area contributed by atoms with Crippen LogP contribution in [0, 0.1) is 0 Å². The van der Waals surface area contributed by atoms with Crippen molar-refractivity contribution in [1.82, 2.24) is 4.57 Å². The molecule has 40 heavy (non-hydrogen) atoms. The average Bonchev–Trinajstić information content (AvgIpc) is 3.29. The van der Waals surface area contributed by atoms with Gasteiger partial charge in [-0.2, -0.15) is 0 Å². The van der Waals surface area contributed by atoms with Crippen molar-refractivity contribution >= 4 is 29.1 Å². The van der Waals surface area contributed by atoms with Crippen molar-refractivity contribution in [1.29, 1.82) is 0 Å². The number of ether oxygens (including phenoxy) is 3. The summed E-state index contributed by atoms with van der Waals surface area (Å²) in [6, 6.07) is 23.2. The molecule has 0 radical (unpaired) electrons. The summed E-state index contributed by atoms with van der Waals surface area (Å²) in [6.07, 6.45) is 3.54. The van der Waals surface area contributed by atoms with Gasteiger partial charge in [0.25, 0.3) is 5.56 Å². The largest absolute Gasteiger partial charge is 0.496 e. The average molecular weight is 553 g/mol. The summed E-state index contributed by atoms with van der Waals surface area (Å²) >= 11 is 1.37. The number of methoxy groups -OCH3 is 1. The summed E-state index contributed by atoms with van der Waals surface area (Å²) in [7, 11) is 1.66. The first-order valence-electron chi connectivity index (χ1n) is 13.2. The van der Waals surface area contributed by atoms with Crippen LogP contribution in [0.2, 0.25) is 0 Å². The minimum absolute atomic E-state index is 0.108. The first-order valence-corrected chi connectivity index (χ1v) is 14.0.